The lowest BCUT2D eigenvalue weighted by atomic mass is 10.1. The molecule has 3 aromatic carbocycles. The number of ether oxygens (including phenoxy) is 1. The van der Waals surface area contributed by atoms with Crippen LogP contribution in [0.15, 0.2) is 70.6 Å². The quantitative estimate of drug-likeness (QED) is 0.435. The number of anilines is 1. The molecule has 1 aliphatic rings. The smallest absolute Gasteiger partial charge is 0.234 e. The molecule has 1 aliphatic heterocycles. The monoisotopic (exact) mass is 477 g/mol. The zero-order valence-corrected chi connectivity index (χ0v) is 20.3. The number of carbonyl (C=O) groups is 1. The van der Waals surface area contributed by atoms with E-state index in [4.69, 9.17) is 26.3 Å². The second-order valence-corrected chi connectivity index (χ2v) is 9.22. The van der Waals surface area contributed by atoms with E-state index in [0.29, 0.717) is 17.1 Å². The Balaban J connectivity index is 1.57. The fourth-order valence-electron chi connectivity index (χ4n) is 3.38. The molecule has 1 N–H and O–H groups in total. The minimum atomic E-state index is -0.0995. The number of nitrogens with zero attached hydrogens (tertiary/aromatic N) is 2. The average molecular weight is 478 g/mol. The molecule has 168 valence electrons. The third-order valence-corrected chi connectivity index (χ3v) is 6.56. The highest BCUT2D eigenvalue weighted by molar-refractivity contribution is 8.14. The summed E-state index contributed by atoms with van der Waals surface area (Å²) < 4.78 is 5.29. The summed E-state index contributed by atoms with van der Waals surface area (Å²) >= 11 is 7.35. The molecule has 0 aliphatic carbocycles. The van der Waals surface area contributed by atoms with E-state index >= 15 is 0 Å². The summed E-state index contributed by atoms with van der Waals surface area (Å²) in [6.07, 6.45) is 0.540. The first kappa shape index (κ1) is 23.1. The number of hydrogen-bond acceptors (Lipinski definition) is 5. The highest BCUT2D eigenvalue weighted by atomic mass is 35.5. The van der Waals surface area contributed by atoms with Crippen molar-refractivity contribution in [3.63, 3.8) is 0 Å². The fraction of sp³-hybridized carbons (Fsp3) is 0.192. The Morgan fingerprint density at radius 3 is 2.27 bits per heavy atom. The second kappa shape index (κ2) is 10.2. The number of carbonyl (C=O) groups excluding carboxylic acids is 1. The Labute approximate surface area is 203 Å². The number of benzene rings is 3. The van der Waals surface area contributed by atoms with E-state index in [-0.39, 0.29) is 11.7 Å². The average Bonchev–Trinajstić information content (AvgIpc) is 2.98. The molecule has 33 heavy (non-hydrogen) atoms. The molecule has 1 amide bonds. The van der Waals surface area contributed by atoms with Crippen LogP contribution in [0.25, 0.3) is 0 Å². The van der Waals surface area contributed by atoms with Gasteiger partial charge in [0.2, 0.25) is 5.91 Å². The summed E-state index contributed by atoms with van der Waals surface area (Å²) in [4.78, 5) is 22.4. The molecule has 0 bridgehead atoms. The SMILES string of the molecule is COc1ccc(C2=Nc3cc(C)c(C)cc3N=C(SCC(=O)Nc3ccc(Cl)cc3)C2)cc1. The van der Waals surface area contributed by atoms with Crippen LogP contribution in [0.5, 0.6) is 5.75 Å². The van der Waals surface area contributed by atoms with Gasteiger partial charge >= 0.3 is 0 Å². The lowest BCUT2D eigenvalue weighted by molar-refractivity contribution is -0.113. The van der Waals surface area contributed by atoms with Gasteiger partial charge in [0, 0.05) is 17.1 Å². The number of aliphatic imine (C=N–C) groups is 2. The highest BCUT2D eigenvalue weighted by Crippen LogP contribution is 2.36. The molecule has 5 nitrogen and oxygen atoms in total. The van der Waals surface area contributed by atoms with Crippen LogP contribution in [-0.2, 0) is 4.79 Å². The fourth-order valence-corrected chi connectivity index (χ4v) is 4.28. The zero-order valence-electron chi connectivity index (χ0n) is 18.7. The van der Waals surface area contributed by atoms with Gasteiger partial charge in [-0.25, -0.2) is 4.99 Å². The number of hydrogen-bond donors (Lipinski definition) is 1. The van der Waals surface area contributed by atoms with E-state index in [9.17, 15) is 4.79 Å². The number of amides is 1. The lowest BCUT2D eigenvalue weighted by Gasteiger charge is -2.09. The van der Waals surface area contributed by atoms with Crippen LogP contribution in [0.4, 0.5) is 17.1 Å². The van der Waals surface area contributed by atoms with Gasteiger partial charge in [0.15, 0.2) is 0 Å². The van der Waals surface area contributed by atoms with Crippen molar-refractivity contribution in [1.29, 1.82) is 0 Å². The van der Waals surface area contributed by atoms with E-state index < -0.39 is 0 Å². The Bertz CT molecular complexity index is 1240. The topological polar surface area (TPSA) is 63.1 Å². The van der Waals surface area contributed by atoms with Crippen molar-refractivity contribution in [1.82, 2.24) is 0 Å². The molecule has 0 unspecified atom stereocenters. The van der Waals surface area contributed by atoms with Crippen molar-refractivity contribution in [3.8, 4) is 5.75 Å². The van der Waals surface area contributed by atoms with Gasteiger partial charge in [0.1, 0.15) is 5.75 Å². The largest absolute Gasteiger partial charge is 0.497 e. The number of nitrogens with one attached hydrogen (secondary N) is 1. The van der Waals surface area contributed by atoms with Crippen LogP contribution in [0.2, 0.25) is 5.02 Å². The standard InChI is InChI=1S/C26H24ClN3O2S/c1-16-12-23-24(13-17(16)2)30-26(14-22(29-23)18-4-10-21(32-3)11-5-18)33-15-25(31)28-20-8-6-19(27)7-9-20/h4-13H,14-15H2,1-3H3,(H,28,31). The van der Waals surface area contributed by atoms with Crippen LogP contribution < -0.4 is 10.1 Å². The molecular weight excluding hydrogens is 454 g/mol. The van der Waals surface area contributed by atoms with Gasteiger partial charge in [-0.15, -0.1) is 11.8 Å². The van der Waals surface area contributed by atoms with Crippen molar-refractivity contribution in [2.24, 2.45) is 9.98 Å². The Hall–Kier alpha value is -3.09. The van der Waals surface area contributed by atoms with Crippen molar-refractivity contribution in [2.45, 2.75) is 20.3 Å². The van der Waals surface area contributed by atoms with Crippen LogP contribution in [0.1, 0.15) is 23.1 Å². The van der Waals surface area contributed by atoms with Gasteiger partial charge in [-0.2, -0.15) is 0 Å². The first-order valence-corrected chi connectivity index (χ1v) is 11.9. The minimum absolute atomic E-state index is 0.0995. The molecule has 3 aromatic rings. The highest BCUT2D eigenvalue weighted by Gasteiger charge is 2.18. The maximum atomic E-state index is 12.5. The molecular formula is C26H24ClN3O2S. The predicted octanol–water partition coefficient (Wildman–Crippen LogP) is 6.89. The maximum Gasteiger partial charge on any atom is 0.234 e. The van der Waals surface area contributed by atoms with Gasteiger partial charge in [-0.05, 0) is 91.2 Å². The van der Waals surface area contributed by atoms with Crippen LogP contribution in [0.3, 0.4) is 0 Å². The molecule has 0 radical (unpaired) electrons. The summed E-state index contributed by atoms with van der Waals surface area (Å²) in [5, 5.41) is 4.37. The molecule has 4 rings (SSSR count). The second-order valence-electron chi connectivity index (χ2n) is 7.74. The van der Waals surface area contributed by atoms with E-state index in [1.807, 2.05) is 24.3 Å². The Morgan fingerprint density at radius 2 is 1.64 bits per heavy atom. The van der Waals surface area contributed by atoms with Crippen LogP contribution >= 0.6 is 23.4 Å². The van der Waals surface area contributed by atoms with E-state index in [1.54, 1.807) is 31.4 Å². The normalized spacial score (nSPS) is 12.8. The van der Waals surface area contributed by atoms with Crippen molar-refractivity contribution >= 4 is 57.1 Å². The number of aryl methyl sites for hydroxylation is 2. The number of thioether (sulfide) groups is 1. The van der Waals surface area contributed by atoms with Crippen molar-refractivity contribution in [3.05, 3.63) is 82.4 Å². The summed E-state index contributed by atoms with van der Waals surface area (Å²) in [6.45, 7) is 4.14. The van der Waals surface area contributed by atoms with Gasteiger partial charge in [0.25, 0.3) is 0 Å². The zero-order chi connectivity index (χ0) is 23.4. The molecule has 7 heteroatoms. The van der Waals surface area contributed by atoms with Gasteiger partial charge in [-0.3, -0.25) is 9.79 Å². The van der Waals surface area contributed by atoms with E-state index in [0.717, 1.165) is 39.0 Å². The molecule has 0 aromatic heterocycles. The maximum absolute atomic E-state index is 12.5. The predicted molar refractivity (Wildman–Crippen MR) is 139 cm³/mol. The third kappa shape index (κ3) is 5.83. The van der Waals surface area contributed by atoms with Crippen molar-refractivity contribution in [2.75, 3.05) is 18.2 Å². The molecule has 1 heterocycles. The molecule has 0 spiro atoms. The van der Waals surface area contributed by atoms with Crippen molar-refractivity contribution < 1.29 is 9.53 Å². The molecule has 0 fully saturated rings. The summed E-state index contributed by atoms with van der Waals surface area (Å²) in [5.74, 6) is 0.942. The van der Waals surface area contributed by atoms with E-state index in [2.05, 4.69) is 31.3 Å². The molecule has 0 atom stereocenters. The first-order chi connectivity index (χ1) is 15.9. The summed E-state index contributed by atoms with van der Waals surface area (Å²) in [6, 6.07) is 19.0. The Morgan fingerprint density at radius 1 is 1.00 bits per heavy atom. The van der Waals surface area contributed by atoms with E-state index in [1.165, 1.54) is 17.3 Å². The van der Waals surface area contributed by atoms with Gasteiger partial charge < -0.3 is 10.1 Å². The number of rotatable bonds is 5. The number of methoxy groups -OCH3 is 1. The number of halogens is 1. The van der Waals surface area contributed by atoms with Gasteiger partial charge in [-0.1, -0.05) is 11.6 Å². The molecule has 0 saturated carbocycles. The van der Waals surface area contributed by atoms with Crippen LogP contribution in [-0.4, -0.2) is 29.5 Å². The number of fused-ring (bicyclic) bond motifs is 1. The van der Waals surface area contributed by atoms with Gasteiger partial charge in [0.05, 0.1) is 35.0 Å². The summed E-state index contributed by atoms with van der Waals surface area (Å²) in [7, 11) is 1.65. The Kier molecular flexibility index (Phi) is 7.16. The van der Waals surface area contributed by atoms with Crippen LogP contribution in [0, 0.1) is 13.8 Å². The summed E-state index contributed by atoms with van der Waals surface area (Å²) in [5.41, 5.74) is 6.60. The minimum Gasteiger partial charge on any atom is -0.497 e. The first-order valence-electron chi connectivity index (χ1n) is 10.5. The molecule has 0 saturated heterocycles. The third-order valence-electron chi connectivity index (χ3n) is 5.33. The lowest BCUT2D eigenvalue weighted by Crippen LogP contribution is -2.16.